The van der Waals surface area contributed by atoms with Crippen molar-refractivity contribution in [2.45, 2.75) is 63.2 Å². The summed E-state index contributed by atoms with van der Waals surface area (Å²) >= 11 is 0. The molecule has 0 saturated carbocycles. The number of likely N-dealkylation sites (N-methyl/N-ethyl adjacent to an activating group) is 1. The summed E-state index contributed by atoms with van der Waals surface area (Å²) in [7, 11) is -3.59. The van der Waals surface area contributed by atoms with Gasteiger partial charge in [0, 0.05) is 13.0 Å². The zero-order valence-electron chi connectivity index (χ0n) is 22.2. The fourth-order valence-electron chi connectivity index (χ4n) is 5.19. The molecule has 2 aliphatic rings. The molecule has 2 aromatic carbocycles. The number of carbonyl (C=O) groups is 3. The smallest absolute Gasteiger partial charge is 0.358 e. The second kappa shape index (κ2) is 12.3. The molecule has 3 N–H and O–H groups in total. The van der Waals surface area contributed by atoms with Gasteiger partial charge in [-0.05, 0) is 74.5 Å². The number of amides is 3. The number of fused-ring (bicyclic) bond motifs is 1. The molecule has 0 radical (unpaired) electrons. The van der Waals surface area contributed by atoms with Gasteiger partial charge in [-0.1, -0.05) is 28.2 Å². The van der Waals surface area contributed by atoms with Gasteiger partial charge < -0.3 is 25.0 Å². The Bertz CT molecular complexity index is 1370. The monoisotopic (exact) mass is 578 g/mol. The highest BCUT2D eigenvalue weighted by Crippen LogP contribution is 2.33. The molecule has 4 unspecified atom stereocenters. The molecule has 1 aliphatic heterocycles. The standard InChI is InChI=1S/C27H32F2N4O6S/c1-16(30-2)25(34)32-23(15-17-8-10-18(11-9-17)39-40(29,37)38)27(36)33-14-4-7-24(33)26(35)31-22-13-12-19-20(22)5-3-6-21(19)28/h3,5-6,8-11,16,22-24,30H,4,7,12-15H2,1-2H3,(H,31,35)(H,32,34). The van der Waals surface area contributed by atoms with Crippen LogP contribution in [0, 0.1) is 5.82 Å². The number of rotatable bonds is 10. The predicted molar refractivity (Wildman–Crippen MR) is 142 cm³/mol. The predicted octanol–water partition coefficient (Wildman–Crippen LogP) is 1.85. The third-order valence-corrected chi connectivity index (χ3v) is 7.76. The van der Waals surface area contributed by atoms with Gasteiger partial charge in [0.05, 0.1) is 12.1 Å². The lowest BCUT2D eigenvalue weighted by molar-refractivity contribution is -0.141. The van der Waals surface area contributed by atoms with Crippen molar-refractivity contribution in [3.05, 3.63) is 65.0 Å². The number of hydrogen-bond acceptors (Lipinski definition) is 7. The first-order valence-electron chi connectivity index (χ1n) is 13.1. The van der Waals surface area contributed by atoms with Crippen molar-refractivity contribution in [3.63, 3.8) is 0 Å². The molecular weight excluding hydrogens is 546 g/mol. The Labute approximate surface area is 231 Å². The molecule has 216 valence electrons. The second-order valence-electron chi connectivity index (χ2n) is 9.99. The molecule has 40 heavy (non-hydrogen) atoms. The first-order chi connectivity index (χ1) is 19.0. The lowest BCUT2D eigenvalue weighted by Crippen LogP contribution is -2.56. The molecule has 10 nitrogen and oxygen atoms in total. The molecular formula is C27H32F2N4O6S. The number of benzene rings is 2. The molecule has 2 aromatic rings. The number of halogens is 2. The number of hydrogen-bond donors (Lipinski definition) is 3. The summed E-state index contributed by atoms with van der Waals surface area (Å²) < 4.78 is 52.7. The van der Waals surface area contributed by atoms with E-state index in [1.807, 2.05) is 0 Å². The largest absolute Gasteiger partial charge is 0.488 e. The van der Waals surface area contributed by atoms with Crippen LogP contribution in [0.15, 0.2) is 42.5 Å². The normalized spacial score (nSPS) is 19.9. The molecule has 13 heteroatoms. The minimum absolute atomic E-state index is 0.0315. The van der Waals surface area contributed by atoms with Crippen LogP contribution >= 0.6 is 0 Å². The van der Waals surface area contributed by atoms with E-state index >= 15 is 0 Å². The Morgan fingerprint density at radius 1 is 1.12 bits per heavy atom. The first kappa shape index (κ1) is 29.4. The Morgan fingerprint density at radius 2 is 1.85 bits per heavy atom. The molecule has 1 aliphatic carbocycles. The number of carbonyl (C=O) groups excluding carboxylic acids is 3. The van der Waals surface area contributed by atoms with Gasteiger partial charge in [-0.25, -0.2) is 4.39 Å². The van der Waals surface area contributed by atoms with Crippen molar-refractivity contribution in [3.8, 4) is 5.75 Å². The van der Waals surface area contributed by atoms with Crippen LogP contribution in [-0.4, -0.2) is 62.8 Å². The highest BCUT2D eigenvalue weighted by atomic mass is 32.3. The van der Waals surface area contributed by atoms with E-state index in [9.17, 15) is 31.1 Å². The van der Waals surface area contributed by atoms with Gasteiger partial charge >= 0.3 is 10.5 Å². The van der Waals surface area contributed by atoms with Gasteiger partial charge in [0.2, 0.25) is 17.7 Å². The van der Waals surface area contributed by atoms with Crippen LogP contribution in [0.3, 0.4) is 0 Å². The Hall–Kier alpha value is -3.58. The van der Waals surface area contributed by atoms with E-state index in [4.69, 9.17) is 0 Å². The van der Waals surface area contributed by atoms with Crippen molar-refractivity contribution >= 4 is 28.2 Å². The summed E-state index contributed by atoms with van der Waals surface area (Å²) in [6, 6.07) is 7.46. The van der Waals surface area contributed by atoms with Crippen LogP contribution in [0.5, 0.6) is 5.75 Å². The fourth-order valence-corrected chi connectivity index (χ4v) is 5.53. The zero-order chi connectivity index (χ0) is 29.0. The van der Waals surface area contributed by atoms with E-state index in [0.29, 0.717) is 43.4 Å². The average Bonchev–Trinajstić information content (AvgIpc) is 3.56. The summed E-state index contributed by atoms with van der Waals surface area (Å²) in [5, 5.41) is 8.54. The van der Waals surface area contributed by atoms with Crippen LogP contribution in [-0.2, 0) is 37.7 Å². The van der Waals surface area contributed by atoms with Gasteiger partial charge in [0.15, 0.2) is 0 Å². The van der Waals surface area contributed by atoms with Crippen LogP contribution < -0.4 is 20.1 Å². The maximum atomic E-state index is 14.2. The Kier molecular flexibility index (Phi) is 9.04. The third-order valence-electron chi connectivity index (χ3n) is 7.37. The van der Waals surface area contributed by atoms with Crippen molar-refractivity contribution in [1.29, 1.82) is 0 Å². The number of likely N-dealkylation sites (tertiary alicyclic amines) is 1. The zero-order valence-corrected chi connectivity index (χ0v) is 23.0. The lowest BCUT2D eigenvalue weighted by atomic mass is 10.0. The van der Waals surface area contributed by atoms with Gasteiger partial charge in [0.25, 0.3) is 0 Å². The van der Waals surface area contributed by atoms with Crippen molar-refractivity contribution in [2.75, 3.05) is 13.6 Å². The van der Waals surface area contributed by atoms with E-state index in [1.54, 1.807) is 26.1 Å². The molecule has 1 heterocycles. The van der Waals surface area contributed by atoms with Gasteiger partial charge in [-0.3, -0.25) is 14.4 Å². The van der Waals surface area contributed by atoms with E-state index in [-0.39, 0.29) is 29.9 Å². The molecule has 1 fully saturated rings. The van der Waals surface area contributed by atoms with Gasteiger partial charge in [-0.2, -0.15) is 8.42 Å². The summed E-state index contributed by atoms with van der Waals surface area (Å²) in [5.74, 6) is -1.75. The number of nitrogens with zero attached hydrogens (tertiary/aromatic N) is 1. The molecule has 1 saturated heterocycles. The van der Waals surface area contributed by atoms with Crippen LogP contribution in [0.1, 0.15) is 48.9 Å². The van der Waals surface area contributed by atoms with E-state index in [1.165, 1.54) is 35.2 Å². The van der Waals surface area contributed by atoms with Crippen molar-refractivity contribution < 1.29 is 35.3 Å². The summed E-state index contributed by atoms with van der Waals surface area (Å²) in [5.41, 5.74) is 1.88. The molecule has 0 aromatic heterocycles. The van der Waals surface area contributed by atoms with E-state index in [0.717, 1.165) is 5.56 Å². The maximum Gasteiger partial charge on any atom is 0.488 e. The van der Waals surface area contributed by atoms with E-state index in [2.05, 4.69) is 20.1 Å². The highest BCUT2D eigenvalue weighted by Gasteiger charge is 2.39. The van der Waals surface area contributed by atoms with Crippen molar-refractivity contribution in [2.24, 2.45) is 0 Å². The second-order valence-corrected chi connectivity index (χ2v) is 10.9. The highest BCUT2D eigenvalue weighted by molar-refractivity contribution is 7.81. The van der Waals surface area contributed by atoms with Crippen LogP contribution in [0.2, 0.25) is 0 Å². The first-order valence-corrected chi connectivity index (χ1v) is 14.4. The van der Waals surface area contributed by atoms with Gasteiger partial charge in [0.1, 0.15) is 23.7 Å². The SMILES string of the molecule is CNC(C)C(=O)NC(Cc1ccc(OS(=O)(=O)F)cc1)C(=O)N1CCCC1C(=O)NC1CCc2c(F)cccc21. The van der Waals surface area contributed by atoms with Gasteiger partial charge in [-0.15, -0.1) is 0 Å². The fraction of sp³-hybridized carbons (Fsp3) is 0.444. The molecule has 3 amide bonds. The van der Waals surface area contributed by atoms with Crippen LogP contribution in [0.4, 0.5) is 8.28 Å². The minimum Gasteiger partial charge on any atom is -0.358 e. The van der Waals surface area contributed by atoms with Crippen LogP contribution in [0.25, 0.3) is 0 Å². The van der Waals surface area contributed by atoms with E-state index < -0.39 is 40.4 Å². The average molecular weight is 579 g/mol. The molecule has 0 spiro atoms. The Morgan fingerprint density at radius 3 is 2.52 bits per heavy atom. The Balaban J connectivity index is 1.50. The summed E-state index contributed by atoms with van der Waals surface area (Å²) in [4.78, 5) is 41.3. The molecule has 4 rings (SSSR count). The number of nitrogens with one attached hydrogen (secondary N) is 3. The summed E-state index contributed by atoms with van der Waals surface area (Å²) in [6.45, 7) is 1.96. The topological polar surface area (TPSA) is 134 Å². The molecule has 4 atom stereocenters. The molecule has 0 bridgehead atoms. The summed E-state index contributed by atoms with van der Waals surface area (Å²) in [6.07, 6.45) is 2.14. The minimum atomic E-state index is -5.19. The van der Waals surface area contributed by atoms with Crippen molar-refractivity contribution in [1.82, 2.24) is 20.9 Å². The third kappa shape index (κ3) is 6.94. The quantitative estimate of drug-likeness (QED) is 0.367. The lowest BCUT2D eigenvalue weighted by Gasteiger charge is -2.30. The maximum absolute atomic E-state index is 14.2.